The van der Waals surface area contributed by atoms with E-state index in [-0.39, 0.29) is 11.9 Å². The minimum Gasteiger partial charge on any atom is -0.399 e. The van der Waals surface area contributed by atoms with Gasteiger partial charge in [0.1, 0.15) is 7.11 Å². The molecule has 0 aliphatic carbocycles. The van der Waals surface area contributed by atoms with Crippen molar-refractivity contribution >= 4 is 11.6 Å². The van der Waals surface area contributed by atoms with E-state index in [0.717, 1.165) is 5.71 Å². The number of nitrogens with one attached hydrogen (secondary N) is 2. The first kappa shape index (κ1) is 11.9. The maximum absolute atomic E-state index is 11.5. The molecule has 0 aromatic carbocycles. The zero-order chi connectivity index (χ0) is 11.1. The lowest BCUT2D eigenvalue weighted by Crippen LogP contribution is -2.41. The Balaban J connectivity index is 2.27. The average molecular weight is 215 g/mol. The Morgan fingerprint density at radius 3 is 3.13 bits per heavy atom. The lowest BCUT2D eigenvalue weighted by atomic mass is 10.2. The van der Waals surface area contributed by atoms with E-state index in [1.54, 1.807) is 7.11 Å². The molecule has 0 radical (unpaired) electrons. The number of ether oxygens (including phenoxy) is 1. The largest absolute Gasteiger partial charge is 0.399 e. The van der Waals surface area contributed by atoms with Gasteiger partial charge in [0.05, 0.1) is 18.4 Å². The molecular formula is C9H17N3O3. The first-order valence-electron chi connectivity index (χ1n) is 4.87. The molecule has 6 nitrogen and oxygen atoms in total. The van der Waals surface area contributed by atoms with Crippen LogP contribution < -0.4 is 10.6 Å². The van der Waals surface area contributed by atoms with E-state index < -0.39 is 0 Å². The van der Waals surface area contributed by atoms with E-state index in [4.69, 9.17) is 4.74 Å². The van der Waals surface area contributed by atoms with Crippen LogP contribution in [0.2, 0.25) is 0 Å². The van der Waals surface area contributed by atoms with E-state index in [2.05, 4.69) is 20.6 Å². The number of nitrogens with zero attached hydrogens (tertiary/aromatic N) is 1. The molecule has 1 rings (SSSR count). The van der Waals surface area contributed by atoms with E-state index >= 15 is 0 Å². The van der Waals surface area contributed by atoms with Crippen molar-refractivity contribution in [3.05, 3.63) is 0 Å². The lowest BCUT2D eigenvalue weighted by molar-refractivity contribution is -0.122. The molecule has 0 spiro atoms. The van der Waals surface area contributed by atoms with Gasteiger partial charge in [0.2, 0.25) is 5.91 Å². The van der Waals surface area contributed by atoms with Crippen LogP contribution in [-0.4, -0.2) is 51.6 Å². The highest BCUT2D eigenvalue weighted by molar-refractivity contribution is 5.96. The van der Waals surface area contributed by atoms with Crippen molar-refractivity contribution in [2.75, 3.05) is 33.9 Å². The lowest BCUT2D eigenvalue weighted by Gasteiger charge is -2.09. The summed E-state index contributed by atoms with van der Waals surface area (Å²) in [5.74, 6) is -0.0200. The smallest absolute Gasteiger partial charge is 0.237 e. The van der Waals surface area contributed by atoms with Crippen molar-refractivity contribution in [2.24, 2.45) is 5.16 Å². The van der Waals surface area contributed by atoms with Crippen LogP contribution in [0, 0.1) is 0 Å². The predicted octanol–water partition coefficient (Wildman–Crippen LogP) is -0.887. The maximum Gasteiger partial charge on any atom is 0.237 e. The molecule has 1 aliphatic heterocycles. The van der Waals surface area contributed by atoms with Crippen LogP contribution in [0.4, 0.5) is 0 Å². The number of hydrogen-bond acceptors (Lipinski definition) is 5. The van der Waals surface area contributed by atoms with Crippen LogP contribution >= 0.6 is 0 Å². The van der Waals surface area contributed by atoms with Crippen LogP contribution in [-0.2, 0) is 14.4 Å². The minimum absolute atomic E-state index is 0.0200. The highest BCUT2D eigenvalue weighted by Crippen LogP contribution is 2.03. The third-order valence-corrected chi connectivity index (χ3v) is 2.13. The van der Waals surface area contributed by atoms with Crippen molar-refractivity contribution < 1.29 is 14.4 Å². The zero-order valence-corrected chi connectivity index (χ0v) is 9.08. The van der Waals surface area contributed by atoms with E-state index in [1.165, 1.54) is 7.11 Å². The van der Waals surface area contributed by atoms with E-state index in [9.17, 15) is 4.79 Å². The molecule has 0 aromatic rings. The first-order valence-corrected chi connectivity index (χ1v) is 4.87. The zero-order valence-electron chi connectivity index (χ0n) is 9.08. The summed E-state index contributed by atoms with van der Waals surface area (Å²) in [5.41, 5.74) is 0.865. The van der Waals surface area contributed by atoms with Gasteiger partial charge < -0.3 is 20.2 Å². The van der Waals surface area contributed by atoms with Gasteiger partial charge in [-0.2, -0.15) is 0 Å². The summed E-state index contributed by atoms with van der Waals surface area (Å²) in [6.45, 7) is 1.66. The molecule has 86 valence electrons. The summed E-state index contributed by atoms with van der Waals surface area (Å²) in [4.78, 5) is 16.2. The summed E-state index contributed by atoms with van der Waals surface area (Å²) in [6, 6.07) is -0.198. The number of hydrogen-bond donors (Lipinski definition) is 2. The molecule has 1 unspecified atom stereocenters. The van der Waals surface area contributed by atoms with Crippen LogP contribution in [0.1, 0.15) is 6.42 Å². The Labute approximate surface area is 89.0 Å². The molecule has 0 bridgehead atoms. The second kappa shape index (κ2) is 6.36. The Bertz CT molecular complexity index is 243. The molecule has 15 heavy (non-hydrogen) atoms. The fourth-order valence-electron chi connectivity index (χ4n) is 1.40. The molecular weight excluding hydrogens is 198 g/mol. The van der Waals surface area contributed by atoms with Crippen molar-refractivity contribution in [1.82, 2.24) is 10.6 Å². The highest BCUT2D eigenvalue weighted by atomic mass is 16.6. The van der Waals surface area contributed by atoms with Crippen molar-refractivity contribution in [1.29, 1.82) is 0 Å². The Morgan fingerprint density at radius 2 is 2.47 bits per heavy atom. The Kier molecular flexibility index (Phi) is 5.06. The van der Waals surface area contributed by atoms with Gasteiger partial charge in [0.25, 0.3) is 0 Å². The normalized spacial score (nSPS) is 23.1. The van der Waals surface area contributed by atoms with Gasteiger partial charge in [-0.05, 0) is 0 Å². The fraction of sp³-hybridized carbons (Fsp3) is 0.778. The molecule has 1 heterocycles. The Morgan fingerprint density at radius 1 is 1.67 bits per heavy atom. The Hall–Kier alpha value is -1.14. The third kappa shape index (κ3) is 3.85. The van der Waals surface area contributed by atoms with E-state index in [1.807, 2.05) is 0 Å². The van der Waals surface area contributed by atoms with Gasteiger partial charge in [0.15, 0.2) is 0 Å². The van der Waals surface area contributed by atoms with Gasteiger partial charge in [-0.25, -0.2) is 0 Å². The van der Waals surface area contributed by atoms with Gasteiger partial charge >= 0.3 is 0 Å². The molecule has 1 fully saturated rings. The molecule has 1 saturated heterocycles. The average Bonchev–Trinajstić information content (AvgIpc) is 2.67. The number of rotatable bonds is 5. The van der Waals surface area contributed by atoms with Crippen molar-refractivity contribution in [3.63, 3.8) is 0 Å². The molecule has 0 saturated carbocycles. The SMILES string of the molecule is COCCNC(=O)C1C/C(=N\OC)CN1. The quantitative estimate of drug-likeness (QED) is 0.461. The van der Waals surface area contributed by atoms with Gasteiger partial charge in [0, 0.05) is 26.6 Å². The standard InChI is InChI=1S/C9H17N3O3/c1-14-4-3-10-9(13)8-5-7(6-11-8)12-15-2/h8,11H,3-6H2,1-2H3,(H,10,13)/b12-7+. The first-order chi connectivity index (χ1) is 7.27. The number of methoxy groups -OCH3 is 1. The molecule has 1 atom stereocenters. The number of carbonyl (C=O) groups excluding carboxylic acids is 1. The monoisotopic (exact) mass is 215 g/mol. The number of amides is 1. The van der Waals surface area contributed by atoms with E-state index in [0.29, 0.717) is 26.1 Å². The molecule has 2 N–H and O–H groups in total. The highest BCUT2D eigenvalue weighted by Gasteiger charge is 2.26. The summed E-state index contributed by atoms with van der Waals surface area (Å²) >= 11 is 0. The van der Waals surface area contributed by atoms with Crippen LogP contribution in [0.5, 0.6) is 0 Å². The predicted molar refractivity (Wildman–Crippen MR) is 55.7 cm³/mol. The third-order valence-electron chi connectivity index (χ3n) is 2.13. The maximum atomic E-state index is 11.5. The second-order valence-electron chi connectivity index (χ2n) is 3.26. The van der Waals surface area contributed by atoms with Gasteiger partial charge in [-0.3, -0.25) is 4.79 Å². The minimum atomic E-state index is -0.198. The number of oxime groups is 1. The fourth-order valence-corrected chi connectivity index (χ4v) is 1.40. The van der Waals surface area contributed by atoms with Crippen LogP contribution in [0.25, 0.3) is 0 Å². The van der Waals surface area contributed by atoms with Gasteiger partial charge in [-0.1, -0.05) is 5.16 Å². The molecule has 1 amide bonds. The summed E-state index contributed by atoms with van der Waals surface area (Å²) in [6.07, 6.45) is 0.604. The van der Waals surface area contributed by atoms with Crippen molar-refractivity contribution in [2.45, 2.75) is 12.5 Å². The second-order valence-corrected chi connectivity index (χ2v) is 3.26. The topological polar surface area (TPSA) is 72.0 Å². The summed E-state index contributed by atoms with van der Waals surface area (Å²) in [5, 5.41) is 9.62. The van der Waals surface area contributed by atoms with Crippen molar-refractivity contribution in [3.8, 4) is 0 Å². The molecule has 6 heteroatoms. The van der Waals surface area contributed by atoms with Gasteiger partial charge in [-0.15, -0.1) is 0 Å². The number of carbonyl (C=O) groups is 1. The molecule has 0 aromatic heterocycles. The summed E-state index contributed by atoms with van der Waals surface area (Å²) in [7, 11) is 3.10. The van der Waals surface area contributed by atoms with Crippen LogP contribution in [0.3, 0.4) is 0 Å². The molecule has 1 aliphatic rings. The van der Waals surface area contributed by atoms with Crippen LogP contribution in [0.15, 0.2) is 5.16 Å². The summed E-state index contributed by atoms with van der Waals surface area (Å²) < 4.78 is 4.84.